The number of carbonyl (C=O) groups is 3. The number of imide groups is 1. The number of β-lactam (4-membered cyclic amide) rings is 1. The highest BCUT2D eigenvalue weighted by molar-refractivity contribution is 6.03. The number of aromatic carboxylic acids is 1. The Hall–Kier alpha value is -3.35. The zero-order chi connectivity index (χ0) is 24.0. The van der Waals surface area contributed by atoms with Crippen LogP contribution in [0.15, 0.2) is 48.5 Å². The summed E-state index contributed by atoms with van der Waals surface area (Å²) in [6.07, 6.45) is 3.02. The van der Waals surface area contributed by atoms with Crippen LogP contribution in [0.3, 0.4) is 0 Å². The fourth-order valence-corrected chi connectivity index (χ4v) is 4.19. The van der Waals surface area contributed by atoms with E-state index >= 15 is 0 Å². The Morgan fingerprint density at radius 3 is 2.24 bits per heavy atom. The number of hydrogen-bond acceptors (Lipinski definition) is 4. The van der Waals surface area contributed by atoms with E-state index < -0.39 is 23.6 Å². The van der Waals surface area contributed by atoms with Crippen molar-refractivity contribution in [3.63, 3.8) is 0 Å². The van der Waals surface area contributed by atoms with Crippen molar-refractivity contribution in [1.29, 1.82) is 0 Å². The standard InChI is InChI=1S/C26H32N2O5/c1-4-26(5-2)23(31)28(24(26)33-21-15-13-20(14-16-21)22(29)30)25(32)27-17-7-6-8-19-11-9-18(3)10-12-19/h9-16,24H,4-8,17H2,1-3H3,(H,27,32)(H,29,30). The molecule has 7 nitrogen and oxygen atoms in total. The molecule has 2 N–H and O–H groups in total. The highest BCUT2D eigenvalue weighted by Gasteiger charge is 2.62. The predicted molar refractivity (Wildman–Crippen MR) is 125 cm³/mol. The van der Waals surface area contributed by atoms with E-state index in [-0.39, 0.29) is 11.5 Å². The van der Waals surface area contributed by atoms with Crippen LogP contribution in [0.5, 0.6) is 5.75 Å². The summed E-state index contributed by atoms with van der Waals surface area (Å²) in [4.78, 5) is 38.0. The second-order valence-electron chi connectivity index (χ2n) is 8.51. The lowest BCUT2D eigenvalue weighted by Gasteiger charge is -2.53. The third-order valence-electron chi connectivity index (χ3n) is 6.47. The molecule has 2 aromatic rings. The van der Waals surface area contributed by atoms with Crippen LogP contribution >= 0.6 is 0 Å². The van der Waals surface area contributed by atoms with Crippen LogP contribution in [-0.4, -0.2) is 40.7 Å². The summed E-state index contributed by atoms with van der Waals surface area (Å²) >= 11 is 0. The third kappa shape index (κ3) is 5.18. The average Bonchev–Trinajstić information content (AvgIpc) is 2.81. The van der Waals surface area contributed by atoms with Gasteiger partial charge in [-0.1, -0.05) is 43.7 Å². The molecule has 0 bridgehead atoms. The summed E-state index contributed by atoms with van der Waals surface area (Å²) in [6, 6.07) is 13.9. The van der Waals surface area contributed by atoms with Gasteiger partial charge in [-0.3, -0.25) is 4.79 Å². The first-order valence-electron chi connectivity index (χ1n) is 11.5. The van der Waals surface area contributed by atoms with Gasteiger partial charge >= 0.3 is 12.0 Å². The highest BCUT2D eigenvalue weighted by Crippen LogP contribution is 2.46. The van der Waals surface area contributed by atoms with Gasteiger partial charge in [-0.25, -0.2) is 14.5 Å². The molecule has 7 heteroatoms. The number of benzene rings is 2. The van der Waals surface area contributed by atoms with Gasteiger partial charge in [0, 0.05) is 6.54 Å². The molecule has 176 valence electrons. The summed E-state index contributed by atoms with van der Waals surface area (Å²) in [5.41, 5.74) is 1.87. The van der Waals surface area contributed by atoms with Gasteiger partial charge in [0.25, 0.3) is 0 Å². The van der Waals surface area contributed by atoms with Crippen molar-refractivity contribution in [2.45, 2.75) is 59.1 Å². The quantitative estimate of drug-likeness (QED) is 0.400. The molecular weight excluding hydrogens is 420 g/mol. The van der Waals surface area contributed by atoms with E-state index in [9.17, 15) is 14.4 Å². The first kappa shape index (κ1) is 24.3. The lowest BCUT2D eigenvalue weighted by Crippen LogP contribution is -2.73. The summed E-state index contributed by atoms with van der Waals surface area (Å²) in [5.74, 6) is -0.850. The van der Waals surface area contributed by atoms with Crippen LogP contribution < -0.4 is 10.1 Å². The number of carbonyl (C=O) groups excluding carboxylic acids is 2. The maximum absolute atomic E-state index is 12.9. The number of ether oxygens (including phenoxy) is 1. The van der Waals surface area contributed by atoms with Crippen LogP contribution in [-0.2, 0) is 11.2 Å². The molecule has 3 rings (SSSR count). The van der Waals surface area contributed by atoms with Gasteiger partial charge in [-0.05, 0) is 68.9 Å². The molecule has 1 saturated heterocycles. The molecule has 2 aromatic carbocycles. The van der Waals surface area contributed by atoms with E-state index in [0.29, 0.717) is 25.1 Å². The van der Waals surface area contributed by atoms with Gasteiger partial charge in [0.05, 0.1) is 5.56 Å². The maximum Gasteiger partial charge on any atom is 0.335 e. The molecule has 1 aliphatic rings. The van der Waals surface area contributed by atoms with Gasteiger partial charge in [0.2, 0.25) is 5.91 Å². The monoisotopic (exact) mass is 452 g/mol. The first-order valence-corrected chi connectivity index (χ1v) is 11.5. The van der Waals surface area contributed by atoms with Crippen molar-refractivity contribution in [2.75, 3.05) is 6.54 Å². The number of rotatable bonds is 10. The Kier molecular flexibility index (Phi) is 7.74. The fourth-order valence-electron chi connectivity index (χ4n) is 4.19. The van der Waals surface area contributed by atoms with Crippen molar-refractivity contribution >= 4 is 17.9 Å². The number of hydrogen-bond donors (Lipinski definition) is 2. The normalized spacial score (nSPS) is 16.8. The molecule has 0 aliphatic carbocycles. The lowest BCUT2D eigenvalue weighted by molar-refractivity contribution is -0.190. The van der Waals surface area contributed by atoms with Crippen LogP contribution in [0.2, 0.25) is 0 Å². The minimum Gasteiger partial charge on any atom is -0.478 e. The Bertz CT molecular complexity index is 981. The van der Waals surface area contributed by atoms with Gasteiger partial charge in [0.1, 0.15) is 11.2 Å². The minimum atomic E-state index is -1.03. The number of urea groups is 1. The zero-order valence-corrected chi connectivity index (χ0v) is 19.5. The van der Waals surface area contributed by atoms with E-state index in [2.05, 4.69) is 36.5 Å². The average molecular weight is 453 g/mol. The molecule has 0 aromatic heterocycles. The third-order valence-corrected chi connectivity index (χ3v) is 6.47. The van der Waals surface area contributed by atoms with E-state index in [1.165, 1.54) is 23.3 Å². The van der Waals surface area contributed by atoms with Crippen LogP contribution in [0.1, 0.15) is 61.0 Å². The number of amides is 3. The molecule has 0 saturated carbocycles. The molecule has 33 heavy (non-hydrogen) atoms. The number of carboxylic acids is 1. The number of nitrogens with one attached hydrogen (secondary N) is 1. The minimum absolute atomic E-state index is 0.143. The fraction of sp³-hybridized carbons (Fsp3) is 0.423. The molecular formula is C26H32N2O5. The molecule has 3 amide bonds. The van der Waals surface area contributed by atoms with Crippen molar-refractivity contribution in [3.05, 3.63) is 65.2 Å². The molecule has 1 fully saturated rings. The van der Waals surface area contributed by atoms with Gasteiger partial charge < -0.3 is 15.2 Å². The van der Waals surface area contributed by atoms with Crippen molar-refractivity contribution in [1.82, 2.24) is 10.2 Å². The molecule has 1 unspecified atom stereocenters. The number of nitrogens with zero attached hydrogens (tertiary/aromatic N) is 1. The van der Waals surface area contributed by atoms with E-state index in [4.69, 9.17) is 9.84 Å². The van der Waals surface area contributed by atoms with Gasteiger partial charge in [0.15, 0.2) is 6.23 Å². The Balaban J connectivity index is 1.58. The Labute approximate surface area is 194 Å². The maximum atomic E-state index is 12.9. The number of unbranched alkanes of at least 4 members (excludes halogenated alkanes) is 1. The van der Waals surface area contributed by atoms with Crippen LogP contribution in [0, 0.1) is 12.3 Å². The largest absolute Gasteiger partial charge is 0.478 e. The van der Waals surface area contributed by atoms with Crippen molar-refractivity contribution in [2.24, 2.45) is 5.41 Å². The molecule has 1 heterocycles. The molecule has 1 aliphatic heterocycles. The topological polar surface area (TPSA) is 95.9 Å². The van der Waals surface area contributed by atoms with Gasteiger partial charge in [-0.15, -0.1) is 0 Å². The summed E-state index contributed by atoms with van der Waals surface area (Å²) in [7, 11) is 0. The molecule has 0 radical (unpaired) electrons. The highest BCUT2D eigenvalue weighted by atomic mass is 16.5. The van der Waals surface area contributed by atoms with Crippen LogP contribution in [0.25, 0.3) is 0 Å². The van der Waals surface area contributed by atoms with E-state index in [1.54, 1.807) is 12.1 Å². The Morgan fingerprint density at radius 2 is 1.67 bits per heavy atom. The van der Waals surface area contributed by atoms with Crippen LogP contribution in [0.4, 0.5) is 4.79 Å². The van der Waals surface area contributed by atoms with E-state index in [1.807, 2.05) is 13.8 Å². The first-order chi connectivity index (χ1) is 15.8. The number of carboxylic acid groups (broad SMARTS) is 1. The van der Waals surface area contributed by atoms with Crippen molar-refractivity contribution < 1.29 is 24.2 Å². The Morgan fingerprint density at radius 1 is 1.03 bits per heavy atom. The smallest absolute Gasteiger partial charge is 0.335 e. The van der Waals surface area contributed by atoms with E-state index in [0.717, 1.165) is 24.2 Å². The summed E-state index contributed by atoms with van der Waals surface area (Å²) in [6.45, 7) is 6.35. The predicted octanol–water partition coefficient (Wildman–Crippen LogP) is 4.78. The number of likely N-dealkylation sites (tertiary alicyclic amines) is 1. The SMILES string of the molecule is CCC1(CC)C(=O)N(C(=O)NCCCCc2ccc(C)cc2)C1Oc1ccc(C(=O)O)cc1. The molecule has 1 atom stereocenters. The summed E-state index contributed by atoms with van der Waals surface area (Å²) in [5, 5.41) is 11.9. The lowest BCUT2D eigenvalue weighted by atomic mass is 9.72. The van der Waals surface area contributed by atoms with Crippen molar-refractivity contribution in [3.8, 4) is 5.75 Å². The number of aryl methyl sites for hydroxylation is 2. The molecule has 0 spiro atoms. The zero-order valence-electron chi connectivity index (χ0n) is 19.5. The van der Waals surface area contributed by atoms with Gasteiger partial charge in [-0.2, -0.15) is 0 Å². The summed E-state index contributed by atoms with van der Waals surface area (Å²) < 4.78 is 6.03. The second-order valence-corrected chi connectivity index (χ2v) is 8.51. The second kappa shape index (κ2) is 10.5.